The van der Waals surface area contributed by atoms with E-state index in [1.165, 1.54) is 6.07 Å². The Labute approximate surface area is 118 Å². The summed E-state index contributed by atoms with van der Waals surface area (Å²) in [7, 11) is 0. The molecule has 0 radical (unpaired) electrons. The molecular weight excluding hydrogens is 285 g/mol. The van der Waals surface area contributed by atoms with Gasteiger partial charge in [0.25, 0.3) is 0 Å². The maximum absolute atomic E-state index is 13.3. The number of halogens is 3. The Morgan fingerprint density at radius 2 is 1.95 bits per heavy atom. The molecule has 4 nitrogen and oxygen atoms in total. The van der Waals surface area contributed by atoms with Crippen LogP contribution in [-0.4, -0.2) is 20.9 Å². The van der Waals surface area contributed by atoms with Crippen LogP contribution >= 0.6 is 0 Å². The lowest BCUT2D eigenvalue weighted by Gasteiger charge is -2.14. The molecular formula is C14H13F3N2O2. The van der Waals surface area contributed by atoms with Crippen molar-refractivity contribution in [2.24, 2.45) is 0 Å². The second kappa shape index (κ2) is 5.59. The van der Waals surface area contributed by atoms with Crippen LogP contribution in [0.15, 0.2) is 30.5 Å². The largest absolute Gasteiger partial charge is 0.481 e. The summed E-state index contributed by atoms with van der Waals surface area (Å²) in [4.78, 5) is 10.7. The number of aromatic nitrogens is 2. The van der Waals surface area contributed by atoms with Crippen molar-refractivity contribution in [3.05, 3.63) is 47.3 Å². The molecule has 0 bridgehead atoms. The highest BCUT2D eigenvalue weighted by Crippen LogP contribution is 2.34. The second-order valence-electron chi connectivity index (χ2n) is 4.48. The third kappa shape index (κ3) is 3.07. The number of nitrogens with zero attached hydrogens (tertiary/aromatic N) is 2. The average molecular weight is 298 g/mol. The van der Waals surface area contributed by atoms with Crippen LogP contribution in [0.5, 0.6) is 0 Å². The van der Waals surface area contributed by atoms with Gasteiger partial charge < -0.3 is 5.11 Å². The summed E-state index contributed by atoms with van der Waals surface area (Å²) in [6, 6.07) is 6.60. The van der Waals surface area contributed by atoms with E-state index < -0.39 is 24.3 Å². The van der Waals surface area contributed by atoms with Crippen LogP contribution in [0.4, 0.5) is 13.2 Å². The molecule has 1 aromatic heterocycles. The van der Waals surface area contributed by atoms with E-state index in [9.17, 15) is 18.0 Å². The first-order valence-corrected chi connectivity index (χ1v) is 6.28. The number of hydrogen-bond acceptors (Lipinski definition) is 2. The van der Waals surface area contributed by atoms with Gasteiger partial charge in [-0.25, -0.2) is 4.68 Å². The van der Waals surface area contributed by atoms with Crippen LogP contribution in [0, 0.1) is 0 Å². The number of carboxylic acids is 1. The highest BCUT2D eigenvalue weighted by atomic mass is 19.4. The van der Waals surface area contributed by atoms with Gasteiger partial charge in [0.05, 0.1) is 18.3 Å². The average Bonchev–Trinajstić information content (AvgIpc) is 2.81. The predicted molar refractivity (Wildman–Crippen MR) is 69.3 cm³/mol. The molecule has 0 fully saturated rings. The molecule has 21 heavy (non-hydrogen) atoms. The molecule has 7 heteroatoms. The van der Waals surface area contributed by atoms with Gasteiger partial charge in [0.2, 0.25) is 0 Å². The number of hydrogen-bond donors (Lipinski definition) is 1. The Hall–Kier alpha value is -2.31. The molecule has 0 atom stereocenters. The third-order valence-electron chi connectivity index (χ3n) is 3.06. The molecule has 1 N–H and O–H groups in total. The minimum absolute atomic E-state index is 0.309. The zero-order valence-electron chi connectivity index (χ0n) is 11.2. The van der Waals surface area contributed by atoms with E-state index in [4.69, 9.17) is 5.11 Å². The monoisotopic (exact) mass is 298 g/mol. The van der Waals surface area contributed by atoms with E-state index in [2.05, 4.69) is 5.10 Å². The molecule has 0 aliphatic heterocycles. The number of para-hydroxylation sites is 1. The Balaban J connectivity index is 2.64. The first kappa shape index (κ1) is 15.1. The van der Waals surface area contributed by atoms with Crippen molar-refractivity contribution in [3.63, 3.8) is 0 Å². The predicted octanol–water partition coefficient (Wildman–Crippen LogP) is 3.08. The van der Waals surface area contributed by atoms with Gasteiger partial charge in [-0.05, 0) is 18.1 Å². The van der Waals surface area contributed by atoms with E-state index >= 15 is 0 Å². The molecule has 0 aliphatic carbocycles. The first-order chi connectivity index (χ1) is 9.84. The minimum Gasteiger partial charge on any atom is -0.481 e. The van der Waals surface area contributed by atoms with Crippen molar-refractivity contribution >= 4 is 5.97 Å². The summed E-state index contributed by atoms with van der Waals surface area (Å²) in [5.41, 5.74) is -0.372. The summed E-state index contributed by atoms with van der Waals surface area (Å²) in [5.74, 6) is -1.33. The fourth-order valence-corrected chi connectivity index (χ4v) is 2.18. The zero-order chi connectivity index (χ0) is 15.6. The molecule has 1 aromatic carbocycles. The van der Waals surface area contributed by atoms with Crippen molar-refractivity contribution in [2.45, 2.75) is 25.9 Å². The van der Waals surface area contributed by atoms with E-state index in [-0.39, 0.29) is 5.56 Å². The van der Waals surface area contributed by atoms with Crippen molar-refractivity contribution < 1.29 is 23.1 Å². The molecule has 0 saturated heterocycles. The molecule has 0 aliphatic rings. The van der Waals surface area contributed by atoms with E-state index in [0.717, 1.165) is 10.9 Å². The molecule has 112 valence electrons. The lowest BCUT2D eigenvalue weighted by Crippen LogP contribution is -2.17. The van der Waals surface area contributed by atoms with Crippen LogP contribution in [-0.2, 0) is 23.8 Å². The van der Waals surface area contributed by atoms with Gasteiger partial charge >= 0.3 is 12.1 Å². The Morgan fingerprint density at radius 1 is 1.29 bits per heavy atom. The molecule has 0 unspecified atom stereocenters. The normalized spacial score (nSPS) is 11.6. The van der Waals surface area contributed by atoms with Gasteiger partial charge in [-0.2, -0.15) is 18.3 Å². The van der Waals surface area contributed by atoms with Crippen LogP contribution < -0.4 is 0 Å². The summed E-state index contributed by atoms with van der Waals surface area (Å²) < 4.78 is 40.6. The summed E-state index contributed by atoms with van der Waals surface area (Å²) in [6.45, 7) is 1.83. The van der Waals surface area contributed by atoms with Crippen LogP contribution in [0.3, 0.4) is 0 Å². The zero-order valence-corrected chi connectivity index (χ0v) is 11.2. The van der Waals surface area contributed by atoms with Crippen LogP contribution in [0.1, 0.15) is 23.7 Å². The summed E-state index contributed by atoms with van der Waals surface area (Å²) in [5, 5.41) is 12.5. The lowest BCUT2D eigenvalue weighted by atomic mass is 10.1. The molecule has 2 rings (SSSR count). The standard InChI is InChI=1S/C14H13F3N2O2/c1-2-9-5-3-4-6-11(9)19-13(14(15,16)17)10(8-18-19)7-12(20)21/h3-6,8H,2,7H2,1H3,(H,20,21). The van der Waals surface area contributed by atoms with Crippen molar-refractivity contribution in [3.8, 4) is 5.69 Å². The topological polar surface area (TPSA) is 55.1 Å². The van der Waals surface area contributed by atoms with E-state index in [1.54, 1.807) is 18.2 Å². The van der Waals surface area contributed by atoms with Crippen LogP contribution in [0.2, 0.25) is 0 Å². The molecule has 2 aromatic rings. The number of rotatable bonds is 4. The van der Waals surface area contributed by atoms with Gasteiger partial charge in [-0.3, -0.25) is 4.79 Å². The van der Waals surface area contributed by atoms with E-state index in [0.29, 0.717) is 17.7 Å². The lowest BCUT2D eigenvalue weighted by molar-refractivity contribution is -0.144. The first-order valence-electron chi connectivity index (χ1n) is 6.28. The van der Waals surface area contributed by atoms with Gasteiger partial charge in [0.15, 0.2) is 5.69 Å². The van der Waals surface area contributed by atoms with E-state index in [1.807, 2.05) is 6.92 Å². The number of carboxylic acid groups (broad SMARTS) is 1. The van der Waals surface area contributed by atoms with Gasteiger partial charge in [-0.1, -0.05) is 25.1 Å². The van der Waals surface area contributed by atoms with Crippen molar-refractivity contribution in [1.82, 2.24) is 9.78 Å². The molecule has 1 heterocycles. The number of carbonyl (C=O) groups is 1. The number of aliphatic carboxylic acids is 1. The second-order valence-corrected chi connectivity index (χ2v) is 4.48. The van der Waals surface area contributed by atoms with Gasteiger partial charge in [-0.15, -0.1) is 0 Å². The Morgan fingerprint density at radius 3 is 2.52 bits per heavy atom. The maximum Gasteiger partial charge on any atom is 0.433 e. The fourth-order valence-electron chi connectivity index (χ4n) is 2.18. The minimum atomic E-state index is -4.68. The van der Waals surface area contributed by atoms with Crippen molar-refractivity contribution in [2.75, 3.05) is 0 Å². The summed E-state index contributed by atoms with van der Waals surface area (Å²) in [6.07, 6.45) is -3.89. The maximum atomic E-state index is 13.3. The van der Waals surface area contributed by atoms with Gasteiger partial charge in [0, 0.05) is 5.56 Å². The number of aryl methyl sites for hydroxylation is 1. The Kier molecular flexibility index (Phi) is 4.02. The van der Waals surface area contributed by atoms with Crippen molar-refractivity contribution in [1.29, 1.82) is 0 Å². The highest BCUT2D eigenvalue weighted by Gasteiger charge is 2.39. The summed E-state index contributed by atoms with van der Waals surface area (Å²) >= 11 is 0. The fraction of sp³-hybridized carbons (Fsp3) is 0.286. The third-order valence-corrected chi connectivity index (χ3v) is 3.06. The molecule has 0 amide bonds. The quantitative estimate of drug-likeness (QED) is 0.943. The molecule has 0 spiro atoms. The smallest absolute Gasteiger partial charge is 0.433 e. The Bertz CT molecular complexity index is 662. The van der Waals surface area contributed by atoms with Gasteiger partial charge in [0.1, 0.15) is 0 Å². The number of benzene rings is 1. The molecule has 0 saturated carbocycles. The highest BCUT2D eigenvalue weighted by molar-refractivity contribution is 5.70. The number of alkyl halides is 3. The van der Waals surface area contributed by atoms with Crippen LogP contribution in [0.25, 0.3) is 5.69 Å². The SMILES string of the molecule is CCc1ccccc1-n1ncc(CC(=O)O)c1C(F)(F)F.